The first-order chi connectivity index (χ1) is 9.17. The average Bonchev–Trinajstić information content (AvgIpc) is 2.43. The number of carbonyl (C=O) groups excluding carboxylic acids is 1. The van der Waals surface area contributed by atoms with Crippen LogP contribution in [0.5, 0.6) is 0 Å². The Morgan fingerprint density at radius 2 is 2.11 bits per heavy atom. The number of hydrogen-bond acceptors (Lipinski definition) is 3. The third-order valence-electron chi connectivity index (χ3n) is 2.76. The molecule has 0 spiro atoms. The summed E-state index contributed by atoms with van der Waals surface area (Å²) in [4.78, 5) is 11.6. The van der Waals surface area contributed by atoms with Gasteiger partial charge in [0.15, 0.2) is 0 Å². The van der Waals surface area contributed by atoms with Crippen molar-refractivity contribution in [2.75, 3.05) is 18.5 Å². The van der Waals surface area contributed by atoms with Crippen molar-refractivity contribution in [1.29, 1.82) is 0 Å². The number of allylic oxidation sites excluding steroid dienone is 1. The summed E-state index contributed by atoms with van der Waals surface area (Å²) >= 11 is 0. The Labute approximate surface area is 114 Å². The van der Waals surface area contributed by atoms with Crippen molar-refractivity contribution in [2.24, 2.45) is 0 Å². The van der Waals surface area contributed by atoms with E-state index in [9.17, 15) is 4.79 Å². The molecular formula is C15H22N2O2. The molecule has 0 saturated carbocycles. The molecule has 0 aromatic heterocycles. The van der Waals surface area contributed by atoms with Crippen LogP contribution in [0, 0.1) is 0 Å². The van der Waals surface area contributed by atoms with Crippen LogP contribution in [0.3, 0.4) is 0 Å². The van der Waals surface area contributed by atoms with Gasteiger partial charge in [0.05, 0.1) is 6.61 Å². The van der Waals surface area contributed by atoms with Crippen molar-refractivity contribution in [3.05, 3.63) is 42.5 Å². The number of hydrogen-bond donors (Lipinski definition) is 3. The van der Waals surface area contributed by atoms with Crippen LogP contribution >= 0.6 is 0 Å². The Kier molecular flexibility index (Phi) is 6.68. The van der Waals surface area contributed by atoms with E-state index in [1.807, 2.05) is 18.2 Å². The highest BCUT2D eigenvalue weighted by Gasteiger charge is 2.05. The van der Waals surface area contributed by atoms with Crippen molar-refractivity contribution in [3.8, 4) is 0 Å². The second kappa shape index (κ2) is 8.32. The molecule has 4 heteroatoms. The van der Waals surface area contributed by atoms with Gasteiger partial charge in [0.2, 0.25) is 0 Å². The monoisotopic (exact) mass is 262 g/mol. The van der Waals surface area contributed by atoms with E-state index in [0.717, 1.165) is 18.5 Å². The summed E-state index contributed by atoms with van der Waals surface area (Å²) in [7, 11) is 0. The number of carbonyl (C=O) groups is 1. The molecule has 0 saturated heterocycles. The lowest BCUT2D eigenvalue weighted by Crippen LogP contribution is -2.26. The van der Waals surface area contributed by atoms with Crippen molar-refractivity contribution in [3.63, 3.8) is 0 Å². The van der Waals surface area contributed by atoms with E-state index >= 15 is 0 Å². The molecule has 0 aliphatic rings. The molecule has 1 aromatic rings. The Morgan fingerprint density at radius 1 is 1.42 bits per heavy atom. The van der Waals surface area contributed by atoms with Gasteiger partial charge in [-0.15, -0.1) is 6.58 Å². The summed E-state index contributed by atoms with van der Waals surface area (Å²) in [5.74, 6) is -0.166. The summed E-state index contributed by atoms with van der Waals surface area (Å²) < 4.78 is 0. The Morgan fingerprint density at radius 3 is 2.68 bits per heavy atom. The quantitative estimate of drug-likeness (QED) is 0.629. The molecule has 1 atom stereocenters. The van der Waals surface area contributed by atoms with E-state index in [1.54, 1.807) is 12.1 Å². The summed E-state index contributed by atoms with van der Waals surface area (Å²) in [6.45, 7) is 6.05. The lowest BCUT2D eigenvalue weighted by Gasteiger charge is -2.14. The van der Waals surface area contributed by atoms with Gasteiger partial charge in [0.1, 0.15) is 0 Å². The molecule has 3 N–H and O–H groups in total. The summed E-state index contributed by atoms with van der Waals surface area (Å²) in [5.41, 5.74) is 1.59. The van der Waals surface area contributed by atoms with Crippen LogP contribution in [0.25, 0.3) is 0 Å². The lowest BCUT2D eigenvalue weighted by molar-refractivity contribution is 0.0945. The highest BCUT2D eigenvalue weighted by atomic mass is 16.3. The third kappa shape index (κ3) is 5.57. The zero-order chi connectivity index (χ0) is 14.1. The predicted molar refractivity (Wildman–Crippen MR) is 78.4 cm³/mol. The van der Waals surface area contributed by atoms with Crippen molar-refractivity contribution in [1.82, 2.24) is 5.32 Å². The van der Waals surface area contributed by atoms with Crippen molar-refractivity contribution in [2.45, 2.75) is 25.8 Å². The van der Waals surface area contributed by atoms with E-state index in [0.29, 0.717) is 11.6 Å². The number of nitrogens with one attached hydrogen (secondary N) is 2. The molecule has 1 amide bonds. The van der Waals surface area contributed by atoms with Gasteiger partial charge in [-0.2, -0.15) is 0 Å². The second-order valence-corrected chi connectivity index (χ2v) is 4.47. The average molecular weight is 262 g/mol. The zero-order valence-electron chi connectivity index (χ0n) is 11.4. The molecule has 0 radical (unpaired) electrons. The highest BCUT2D eigenvalue weighted by Crippen LogP contribution is 2.12. The molecule has 0 aliphatic heterocycles. The number of aliphatic hydroxyl groups is 1. The van der Waals surface area contributed by atoms with E-state index in [2.05, 4.69) is 24.1 Å². The van der Waals surface area contributed by atoms with Crippen LogP contribution in [0.2, 0.25) is 0 Å². The Bertz CT molecular complexity index is 401. The summed E-state index contributed by atoms with van der Waals surface area (Å²) in [6.07, 6.45) is 3.92. The van der Waals surface area contributed by atoms with Gasteiger partial charge in [-0.1, -0.05) is 6.08 Å². The Balaban J connectivity index is 2.51. The molecule has 0 fully saturated rings. The number of amides is 1. The van der Waals surface area contributed by atoms with Gasteiger partial charge >= 0.3 is 0 Å². The predicted octanol–water partition coefficient (Wildman–Crippen LogP) is 2.18. The molecular weight excluding hydrogens is 240 g/mol. The maximum Gasteiger partial charge on any atom is 0.251 e. The molecule has 1 rings (SSSR count). The van der Waals surface area contributed by atoms with Crippen molar-refractivity contribution < 1.29 is 9.90 Å². The minimum absolute atomic E-state index is 0.0494. The van der Waals surface area contributed by atoms with E-state index < -0.39 is 0 Å². The second-order valence-electron chi connectivity index (χ2n) is 4.47. The number of benzene rings is 1. The van der Waals surface area contributed by atoms with Gasteiger partial charge in [-0.05, 0) is 44.0 Å². The lowest BCUT2D eigenvalue weighted by atomic mass is 10.1. The van der Waals surface area contributed by atoms with Gasteiger partial charge < -0.3 is 15.7 Å². The van der Waals surface area contributed by atoms with E-state index in [1.165, 1.54) is 0 Å². The molecule has 1 aromatic carbocycles. The molecule has 0 aliphatic carbocycles. The fraction of sp³-hybridized carbons (Fsp3) is 0.400. The van der Waals surface area contributed by atoms with Crippen molar-refractivity contribution >= 4 is 11.6 Å². The smallest absolute Gasteiger partial charge is 0.251 e. The third-order valence-corrected chi connectivity index (χ3v) is 2.76. The molecule has 0 heterocycles. The maximum atomic E-state index is 11.6. The first kappa shape index (κ1) is 15.2. The summed E-state index contributed by atoms with van der Waals surface area (Å²) in [6, 6.07) is 7.69. The SMILES string of the molecule is C=CCCC(C)Nc1ccc(C(=O)NCCO)cc1. The Hall–Kier alpha value is -1.81. The van der Waals surface area contributed by atoms with Crippen LogP contribution in [0.15, 0.2) is 36.9 Å². The van der Waals surface area contributed by atoms with Crippen LogP contribution < -0.4 is 10.6 Å². The van der Waals surface area contributed by atoms with Gasteiger partial charge in [-0.3, -0.25) is 4.79 Å². The largest absolute Gasteiger partial charge is 0.395 e. The molecule has 0 bridgehead atoms. The fourth-order valence-electron chi connectivity index (χ4n) is 1.71. The van der Waals surface area contributed by atoms with Gasteiger partial charge in [-0.25, -0.2) is 0 Å². The maximum absolute atomic E-state index is 11.6. The van der Waals surface area contributed by atoms with Crippen LogP contribution in [0.4, 0.5) is 5.69 Å². The summed E-state index contributed by atoms with van der Waals surface area (Å²) in [5, 5.41) is 14.6. The fourth-order valence-corrected chi connectivity index (χ4v) is 1.71. The van der Waals surface area contributed by atoms with E-state index in [4.69, 9.17) is 5.11 Å². The first-order valence-electron chi connectivity index (χ1n) is 6.54. The topological polar surface area (TPSA) is 61.4 Å². The zero-order valence-corrected chi connectivity index (χ0v) is 11.4. The van der Waals surface area contributed by atoms with Crippen LogP contribution in [0.1, 0.15) is 30.1 Å². The molecule has 4 nitrogen and oxygen atoms in total. The standard InChI is InChI=1S/C15H22N2O2/c1-3-4-5-12(2)17-14-8-6-13(7-9-14)15(19)16-10-11-18/h3,6-9,12,17-18H,1,4-5,10-11H2,2H3,(H,16,19). The van der Waals surface area contributed by atoms with E-state index in [-0.39, 0.29) is 19.1 Å². The molecule has 1 unspecified atom stereocenters. The van der Waals surface area contributed by atoms with Crippen LogP contribution in [-0.4, -0.2) is 30.2 Å². The van der Waals surface area contributed by atoms with Crippen LogP contribution in [-0.2, 0) is 0 Å². The minimum atomic E-state index is -0.166. The molecule has 104 valence electrons. The number of anilines is 1. The first-order valence-corrected chi connectivity index (χ1v) is 6.54. The highest BCUT2D eigenvalue weighted by molar-refractivity contribution is 5.94. The normalized spacial score (nSPS) is 11.7. The number of aliphatic hydroxyl groups excluding tert-OH is 1. The van der Waals surface area contributed by atoms with Gasteiger partial charge in [0.25, 0.3) is 5.91 Å². The number of rotatable bonds is 8. The molecule has 19 heavy (non-hydrogen) atoms. The van der Waals surface area contributed by atoms with Gasteiger partial charge in [0, 0.05) is 23.8 Å². The minimum Gasteiger partial charge on any atom is -0.395 e.